The van der Waals surface area contributed by atoms with Crippen LogP contribution in [0.5, 0.6) is 0 Å². The molecule has 0 spiro atoms. The Morgan fingerprint density at radius 2 is 1.51 bits per heavy atom. The highest BCUT2D eigenvalue weighted by Gasteiger charge is 2.46. The van der Waals surface area contributed by atoms with Crippen molar-refractivity contribution in [3.05, 3.63) is 114 Å². The number of para-hydroxylation sites is 1. The van der Waals surface area contributed by atoms with Crippen LogP contribution in [0.3, 0.4) is 0 Å². The third-order valence-electron chi connectivity index (χ3n) is 7.62. The highest BCUT2D eigenvalue weighted by molar-refractivity contribution is 5.99. The lowest BCUT2D eigenvalue weighted by molar-refractivity contribution is -0.139. The number of nitrogens with zero attached hydrogens (tertiary/aromatic N) is 1. The fraction of sp³-hybridized carbons (Fsp3) is 0.235. The maximum absolute atomic E-state index is 13.5. The number of epoxide rings is 1. The number of carboxylic acids is 1. The number of urea groups is 1. The first-order valence-corrected chi connectivity index (χ1v) is 14.9. The fourth-order valence-electron chi connectivity index (χ4n) is 5.22. The molecule has 0 radical (unpaired) electrons. The lowest BCUT2D eigenvalue weighted by Gasteiger charge is -2.22. The van der Waals surface area contributed by atoms with Crippen LogP contribution in [0.2, 0.25) is 0 Å². The van der Waals surface area contributed by atoms with E-state index in [1.54, 1.807) is 48.5 Å². The molecule has 0 bridgehead atoms. The van der Waals surface area contributed by atoms with Gasteiger partial charge in [-0.1, -0.05) is 84.9 Å². The van der Waals surface area contributed by atoms with Gasteiger partial charge in [-0.3, -0.25) is 14.4 Å². The number of primary amides is 1. The molecule has 13 nitrogen and oxygen atoms in total. The normalized spacial score (nSPS) is 17.0. The number of hydrogen-bond donors (Lipinski definition) is 6. The number of hydrogen-bond acceptors (Lipinski definition) is 7. The van der Waals surface area contributed by atoms with Crippen molar-refractivity contribution in [3.8, 4) is 0 Å². The van der Waals surface area contributed by atoms with Gasteiger partial charge in [-0.15, -0.1) is 0 Å². The van der Waals surface area contributed by atoms with Crippen molar-refractivity contribution in [1.82, 2.24) is 26.3 Å². The third kappa shape index (κ3) is 8.89. The molecule has 0 aliphatic carbocycles. The first-order chi connectivity index (χ1) is 22.7. The standard InChI is InChI=1S/C34H34N6O7/c35-28(41)18-26(39-31(42)24-16-15-21-11-7-8-14-23(21)37-24)32(43)38-25(17-20-9-3-1-4-10-20)30-27(47-30)19-36-34(46)40-29(33(44)45)22-12-5-2-6-13-22/h1-16,25-27,29-30H,17-19H2,(H2,35,41)(H,38,43)(H,39,42)(H,44,45)(H2,36,40,46)/t25-,26?,27-,29-,30+/m0/s1. The number of nitrogens with two attached hydrogens (primary N) is 1. The van der Waals surface area contributed by atoms with Gasteiger partial charge in [0.25, 0.3) is 5.91 Å². The Labute approximate surface area is 269 Å². The van der Waals surface area contributed by atoms with Crippen molar-refractivity contribution in [2.24, 2.45) is 5.73 Å². The lowest BCUT2D eigenvalue weighted by Crippen LogP contribution is -2.53. The Bertz CT molecular complexity index is 1750. The molecule has 5 amide bonds. The van der Waals surface area contributed by atoms with Crippen LogP contribution in [0.15, 0.2) is 97.1 Å². The number of carbonyl (C=O) groups is 5. The molecule has 1 unspecified atom stereocenters. The zero-order valence-electron chi connectivity index (χ0n) is 25.2. The van der Waals surface area contributed by atoms with Gasteiger partial charge in [0, 0.05) is 11.9 Å². The number of rotatable bonds is 14. The fourth-order valence-corrected chi connectivity index (χ4v) is 5.22. The Morgan fingerprint density at radius 1 is 0.830 bits per heavy atom. The van der Waals surface area contributed by atoms with E-state index in [0.29, 0.717) is 17.5 Å². The molecule has 5 rings (SSSR count). The van der Waals surface area contributed by atoms with E-state index >= 15 is 0 Å². The maximum Gasteiger partial charge on any atom is 0.330 e. The van der Waals surface area contributed by atoms with Gasteiger partial charge in [0.2, 0.25) is 11.8 Å². The summed E-state index contributed by atoms with van der Waals surface area (Å²) in [6.45, 7) is 0.0356. The van der Waals surface area contributed by atoms with Crippen molar-refractivity contribution < 1.29 is 33.8 Å². The molecule has 1 fully saturated rings. The SMILES string of the molecule is NC(=O)CC(NC(=O)c1ccc2ccccc2n1)C(=O)N[C@@H](Cc1ccccc1)[C@H]1O[C@H]1CNC(=O)N[C@H](C(=O)O)c1ccccc1. The lowest BCUT2D eigenvalue weighted by atomic mass is 10.0. The number of carbonyl (C=O) groups excluding carboxylic acids is 4. The Hall–Kier alpha value is -5.82. The number of nitrogens with one attached hydrogen (secondary N) is 4. The molecule has 1 aliphatic heterocycles. The molecule has 3 aromatic carbocycles. The number of aromatic nitrogens is 1. The number of benzene rings is 3. The zero-order valence-corrected chi connectivity index (χ0v) is 25.2. The summed E-state index contributed by atoms with van der Waals surface area (Å²) in [5, 5.41) is 21.0. The molecule has 1 saturated heterocycles. The summed E-state index contributed by atoms with van der Waals surface area (Å²) >= 11 is 0. The number of fused-ring (bicyclic) bond motifs is 1. The molecule has 4 aromatic rings. The topological polar surface area (TPSA) is 205 Å². The van der Waals surface area contributed by atoms with Gasteiger partial charge < -0.3 is 36.8 Å². The minimum absolute atomic E-state index is 0.0356. The van der Waals surface area contributed by atoms with Crippen LogP contribution >= 0.6 is 0 Å². The molecule has 242 valence electrons. The molecule has 1 aromatic heterocycles. The van der Waals surface area contributed by atoms with Crippen LogP contribution in [0.4, 0.5) is 4.79 Å². The third-order valence-corrected chi connectivity index (χ3v) is 7.62. The first-order valence-electron chi connectivity index (χ1n) is 14.9. The second kappa shape index (κ2) is 15.0. The molecule has 0 saturated carbocycles. The van der Waals surface area contributed by atoms with Gasteiger partial charge >= 0.3 is 12.0 Å². The van der Waals surface area contributed by atoms with Crippen molar-refractivity contribution in [1.29, 1.82) is 0 Å². The van der Waals surface area contributed by atoms with Gasteiger partial charge in [-0.05, 0) is 29.7 Å². The molecule has 5 atom stereocenters. The van der Waals surface area contributed by atoms with Gasteiger partial charge in [-0.25, -0.2) is 14.6 Å². The number of amides is 5. The van der Waals surface area contributed by atoms with Crippen LogP contribution < -0.4 is 27.0 Å². The van der Waals surface area contributed by atoms with Crippen molar-refractivity contribution in [3.63, 3.8) is 0 Å². The van der Waals surface area contributed by atoms with E-state index in [0.717, 1.165) is 10.9 Å². The number of aliphatic carboxylic acids is 1. The van der Waals surface area contributed by atoms with Crippen molar-refractivity contribution in [2.45, 2.75) is 43.2 Å². The van der Waals surface area contributed by atoms with E-state index in [4.69, 9.17) is 10.5 Å². The van der Waals surface area contributed by atoms with Gasteiger partial charge in [0.15, 0.2) is 6.04 Å². The maximum atomic E-state index is 13.5. The molecule has 13 heteroatoms. The van der Waals surface area contributed by atoms with Gasteiger partial charge in [0.1, 0.15) is 23.9 Å². The highest BCUT2D eigenvalue weighted by Crippen LogP contribution is 2.27. The predicted molar refractivity (Wildman–Crippen MR) is 171 cm³/mol. The minimum Gasteiger partial charge on any atom is -0.479 e. The average molecular weight is 639 g/mol. The van der Waals surface area contributed by atoms with E-state index in [2.05, 4.69) is 26.3 Å². The monoisotopic (exact) mass is 638 g/mol. The summed E-state index contributed by atoms with van der Waals surface area (Å²) in [5.41, 5.74) is 7.40. The molecule has 47 heavy (non-hydrogen) atoms. The molecule has 1 aliphatic rings. The van der Waals surface area contributed by atoms with E-state index in [9.17, 15) is 29.1 Å². The largest absolute Gasteiger partial charge is 0.479 e. The van der Waals surface area contributed by atoms with Crippen molar-refractivity contribution in [2.75, 3.05) is 6.54 Å². The van der Waals surface area contributed by atoms with Gasteiger partial charge in [-0.2, -0.15) is 0 Å². The van der Waals surface area contributed by atoms with E-state index < -0.39 is 66.5 Å². The second-order valence-electron chi connectivity index (χ2n) is 11.1. The molecule has 7 N–H and O–H groups in total. The van der Waals surface area contributed by atoms with Crippen LogP contribution in [0.25, 0.3) is 10.9 Å². The van der Waals surface area contributed by atoms with E-state index in [1.165, 1.54) is 6.07 Å². The Balaban J connectivity index is 1.24. The summed E-state index contributed by atoms with van der Waals surface area (Å²) in [5.74, 6) is -3.30. The average Bonchev–Trinajstić information content (AvgIpc) is 3.85. The van der Waals surface area contributed by atoms with E-state index in [-0.39, 0.29) is 12.2 Å². The summed E-state index contributed by atoms with van der Waals surface area (Å²) in [6.07, 6.45) is -1.14. The van der Waals surface area contributed by atoms with Crippen molar-refractivity contribution >= 4 is 40.6 Å². The van der Waals surface area contributed by atoms with Crippen LogP contribution in [-0.2, 0) is 25.5 Å². The summed E-state index contributed by atoms with van der Waals surface area (Å²) in [6, 6.07) is 24.3. The summed E-state index contributed by atoms with van der Waals surface area (Å²) in [4.78, 5) is 67.3. The van der Waals surface area contributed by atoms with Crippen LogP contribution in [0, 0.1) is 0 Å². The first kappa shape index (κ1) is 32.6. The Kier molecular flexibility index (Phi) is 10.4. The Morgan fingerprint density at radius 3 is 2.21 bits per heavy atom. The number of carboxylic acid groups (broad SMARTS) is 1. The van der Waals surface area contributed by atoms with Crippen LogP contribution in [-0.4, -0.2) is 70.6 Å². The molecular formula is C34H34N6O7. The number of pyridine rings is 1. The summed E-state index contributed by atoms with van der Waals surface area (Å²) in [7, 11) is 0. The quantitative estimate of drug-likeness (QED) is 0.112. The van der Waals surface area contributed by atoms with Crippen LogP contribution in [0.1, 0.15) is 34.1 Å². The summed E-state index contributed by atoms with van der Waals surface area (Å²) < 4.78 is 5.83. The zero-order chi connectivity index (χ0) is 33.3. The van der Waals surface area contributed by atoms with E-state index in [1.807, 2.05) is 42.5 Å². The molecule has 2 heterocycles. The van der Waals surface area contributed by atoms with Gasteiger partial charge in [0.05, 0.1) is 18.0 Å². The highest BCUT2D eigenvalue weighted by atomic mass is 16.6. The minimum atomic E-state index is -1.29. The molecular weight excluding hydrogens is 604 g/mol. The number of ether oxygens (including phenoxy) is 1. The smallest absolute Gasteiger partial charge is 0.330 e. The predicted octanol–water partition coefficient (Wildman–Crippen LogP) is 1.83. The second-order valence-corrected chi connectivity index (χ2v) is 11.1.